The van der Waals surface area contributed by atoms with E-state index in [1.807, 2.05) is 6.07 Å². The lowest BCUT2D eigenvalue weighted by Gasteiger charge is -2.23. The van der Waals surface area contributed by atoms with Gasteiger partial charge in [0.2, 0.25) is 0 Å². The van der Waals surface area contributed by atoms with Crippen molar-refractivity contribution >= 4 is 5.90 Å². The highest BCUT2D eigenvalue weighted by Crippen LogP contribution is 2.21. The Morgan fingerprint density at radius 3 is 2.95 bits per heavy atom. The molecule has 4 heteroatoms. The van der Waals surface area contributed by atoms with Gasteiger partial charge in [0.25, 0.3) is 0 Å². The first-order chi connectivity index (χ1) is 9.31. The van der Waals surface area contributed by atoms with Gasteiger partial charge in [-0.1, -0.05) is 12.1 Å². The second-order valence-electron chi connectivity index (χ2n) is 5.28. The molecular weight excluding hydrogens is 243 g/mol. The minimum atomic E-state index is -0.185. The Bertz CT molecular complexity index is 469. The second-order valence-corrected chi connectivity index (χ2v) is 5.28. The summed E-state index contributed by atoms with van der Waals surface area (Å²) in [6.07, 6.45) is 3.01. The van der Waals surface area contributed by atoms with Crippen molar-refractivity contribution in [2.75, 3.05) is 19.6 Å². The van der Waals surface area contributed by atoms with E-state index in [1.54, 1.807) is 12.1 Å². The molecule has 1 N–H and O–H groups in total. The molecule has 0 aromatic heterocycles. The Balaban J connectivity index is 1.55. The minimum absolute atomic E-state index is 0.0756. The number of hydrogen-bond donors (Lipinski definition) is 1. The van der Waals surface area contributed by atoms with Crippen molar-refractivity contribution in [2.24, 2.45) is 10.9 Å². The minimum Gasteiger partial charge on any atom is -0.475 e. The Labute approximate surface area is 112 Å². The molecule has 102 valence electrons. The molecule has 1 saturated heterocycles. The molecule has 1 fully saturated rings. The van der Waals surface area contributed by atoms with Crippen molar-refractivity contribution in [3.8, 4) is 0 Å². The van der Waals surface area contributed by atoms with Crippen LogP contribution in [0.1, 0.15) is 18.4 Å². The summed E-state index contributed by atoms with van der Waals surface area (Å²) < 4.78 is 19.1. The Hall–Kier alpha value is -1.42. The number of nitrogens with one attached hydrogen (secondary N) is 1. The van der Waals surface area contributed by atoms with Gasteiger partial charge in [0.15, 0.2) is 5.90 Å². The van der Waals surface area contributed by atoms with Crippen LogP contribution in [0.2, 0.25) is 0 Å². The van der Waals surface area contributed by atoms with Crippen LogP contribution in [0.4, 0.5) is 4.39 Å². The van der Waals surface area contributed by atoms with E-state index in [9.17, 15) is 4.39 Å². The maximum atomic E-state index is 13.1. The van der Waals surface area contributed by atoms with Crippen LogP contribution in [0.15, 0.2) is 29.3 Å². The van der Waals surface area contributed by atoms with E-state index >= 15 is 0 Å². The van der Waals surface area contributed by atoms with Crippen LogP contribution >= 0.6 is 0 Å². The standard InChI is InChI=1S/C15H19FN2O/c16-13-3-1-2-11(8-13)9-14-10-18-15(19-14)12-4-6-17-7-5-12/h1-3,8,12,14,17H,4-7,9-10H2. The molecule has 1 unspecified atom stereocenters. The number of piperidine rings is 1. The third kappa shape index (κ3) is 3.13. The Morgan fingerprint density at radius 2 is 2.16 bits per heavy atom. The van der Waals surface area contributed by atoms with E-state index in [4.69, 9.17) is 4.74 Å². The predicted molar refractivity (Wildman–Crippen MR) is 72.9 cm³/mol. The topological polar surface area (TPSA) is 33.6 Å². The van der Waals surface area contributed by atoms with Gasteiger partial charge in [-0.15, -0.1) is 0 Å². The molecule has 2 heterocycles. The fraction of sp³-hybridized carbons (Fsp3) is 0.533. The predicted octanol–water partition coefficient (Wildman–Crippen LogP) is 2.17. The van der Waals surface area contributed by atoms with Crippen LogP contribution in [0.5, 0.6) is 0 Å². The molecule has 3 nitrogen and oxygen atoms in total. The van der Waals surface area contributed by atoms with Crippen molar-refractivity contribution in [1.82, 2.24) is 5.32 Å². The van der Waals surface area contributed by atoms with Gasteiger partial charge >= 0.3 is 0 Å². The lowest BCUT2D eigenvalue weighted by atomic mass is 9.98. The highest BCUT2D eigenvalue weighted by Gasteiger charge is 2.27. The molecule has 19 heavy (non-hydrogen) atoms. The molecule has 1 aromatic carbocycles. The monoisotopic (exact) mass is 262 g/mol. The third-order valence-corrected chi connectivity index (χ3v) is 3.78. The van der Waals surface area contributed by atoms with Gasteiger partial charge in [-0.05, 0) is 43.6 Å². The number of nitrogens with zero attached hydrogens (tertiary/aromatic N) is 1. The first-order valence-corrected chi connectivity index (χ1v) is 6.97. The Kier molecular flexibility index (Phi) is 3.78. The summed E-state index contributed by atoms with van der Waals surface area (Å²) in [5.74, 6) is 1.21. The average molecular weight is 262 g/mol. The summed E-state index contributed by atoms with van der Waals surface area (Å²) in [6, 6.07) is 6.73. The number of benzene rings is 1. The number of rotatable bonds is 3. The van der Waals surface area contributed by atoms with Crippen LogP contribution < -0.4 is 5.32 Å². The number of halogens is 1. The zero-order valence-corrected chi connectivity index (χ0v) is 10.9. The lowest BCUT2D eigenvalue weighted by Crippen LogP contribution is -2.32. The lowest BCUT2D eigenvalue weighted by molar-refractivity contribution is 0.204. The van der Waals surface area contributed by atoms with E-state index in [2.05, 4.69) is 10.3 Å². The van der Waals surface area contributed by atoms with Crippen LogP contribution in [-0.4, -0.2) is 31.6 Å². The van der Waals surface area contributed by atoms with Crippen LogP contribution in [0, 0.1) is 11.7 Å². The summed E-state index contributed by atoms with van der Waals surface area (Å²) in [5.41, 5.74) is 0.978. The highest BCUT2D eigenvalue weighted by atomic mass is 19.1. The average Bonchev–Trinajstić information content (AvgIpc) is 2.88. The molecule has 3 rings (SSSR count). The molecule has 2 aliphatic rings. The van der Waals surface area contributed by atoms with E-state index in [0.717, 1.165) is 43.8 Å². The van der Waals surface area contributed by atoms with Crippen molar-refractivity contribution in [3.63, 3.8) is 0 Å². The summed E-state index contributed by atoms with van der Waals surface area (Å²) in [5, 5.41) is 3.34. The third-order valence-electron chi connectivity index (χ3n) is 3.78. The normalized spacial score (nSPS) is 24.1. The zero-order chi connectivity index (χ0) is 13.1. The molecule has 1 atom stereocenters. The van der Waals surface area contributed by atoms with Gasteiger partial charge in [0, 0.05) is 12.3 Å². The summed E-state index contributed by atoms with van der Waals surface area (Å²) in [7, 11) is 0. The number of hydrogen-bond acceptors (Lipinski definition) is 3. The molecule has 0 bridgehead atoms. The highest BCUT2D eigenvalue weighted by molar-refractivity contribution is 5.80. The van der Waals surface area contributed by atoms with Gasteiger partial charge in [-0.25, -0.2) is 4.39 Å². The smallest absolute Gasteiger partial charge is 0.187 e. The fourth-order valence-corrected chi connectivity index (χ4v) is 2.76. The molecule has 1 aromatic rings. The summed E-state index contributed by atoms with van der Waals surface area (Å²) >= 11 is 0. The quantitative estimate of drug-likeness (QED) is 0.905. The molecular formula is C15H19FN2O. The largest absolute Gasteiger partial charge is 0.475 e. The van der Waals surface area contributed by atoms with Crippen molar-refractivity contribution in [3.05, 3.63) is 35.6 Å². The van der Waals surface area contributed by atoms with Crippen LogP contribution in [-0.2, 0) is 11.2 Å². The first kappa shape index (κ1) is 12.6. The van der Waals surface area contributed by atoms with Gasteiger partial charge in [-0.3, -0.25) is 4.99 Å². The van der Waals surface area contributed by atoms with E-state index < -0.39 is 0 Å². The maximum absolute atomic E-state index is 13.1. The molecule has 0 saturated carbocycles. The fourth-order valence-electron chi connectivity index (χ4n) is 2.76. The molecule has 0 spiro atoms. The Morgan fingerprint density at radius 1 is 1.32 bits per heavy atom. The van der Waals surface area contributed by atoms with E-state index in [0.29, 0.717) is 12.5 Å². The zero-order valence-electron chi connectivity index (χ0n) is 10.9. The molecule has 0 amide bonds. The maximum Gasteiger partial charge on any atom is 0.187 e. The second kappa shape index (κ2) is 5.70. The molecule has 2 aliphatic heterocycles. The molecule has 0 radical (unpaired) electrons. The number of aliphatic imine (C=N–C) groups is 1. The summed E-state index contributed by atoms with van der Waals surface area (Å²) in [6.45, 7) is 2.79. The van der Waals surface area contributed by atoms with Crippen LogP contribution in [0.3, 0.4) is 0 Å². The van der Waals surface area contributed by atoms with Crippen molar-refractivity contribution in [2.45, 2.75) is 25.4 Å². The summed E-state index contributed by atoms with van der Waals surface area (Å²) in [4.78, 5) is 4.53. The first-order valence-electron chi connectivity index (χ1n) is 6.97. The van der Waals surface area contributed by atoms with Crippen molar-refractivity contribution in [1.29, 1.82) is 0 Å². The van der Waals surface area contributed by atoms with Gasteiger partial charge in [-0.2, -0.15) is 0 Å². The van der Waals surface area contributed by atoms with Crippen LogP contribution in [0.25, 0.3) is 0 Å². The van der Waals surface area contributed by atoms with Crippen molar-refractivity contribution < 1.29 is 9.13 Å². The van der Waals surface area contributed by atoms with E-state index in [1.165, 1.54) is 6.07 Å². The van der Waals surface area contributed by atoms with Gasteiger partial charge in [0.05, 0.1) is 6.54 Å². The SMILES string of the molecule is Fc1cccc(CC2CN=C(C3CCNCC3)O2)c1. The van der Waals surface area contributed by atoms with Gasteiger partial charge < -0.3 is 10.1 Å². The van der Waals surface area contributed by atoms with Gasteiger partial charge in [0.1, 0.15) is 11.9 Å². The number of ether oxygens (including phenoxy) is 1. The van der Waals surface area contributed by atoms with E-state index in [-0.39, 0.29) is 11.9 Å². The molecule has 0 aliphatic carbocycles.